The molecule has 118 valence electrons. The van der Waals surface area contributed by atoms with E-state index in [1.165, 1.54) is 31.2 Å². The van der Waals surface area contributed by atoms with Crippen LogP contribution in [0.2, 0.25) is 0 Å². The van der Waals surface area contributed by atoms with Gasteiger partial charge in [0, 0.05) is 6.04 Å². The van der Waals surface area contributed by atoms with Crippen molar-refractivity contribution in [3.05, 3.63) is 29.8 Å². The Kier molecular flexibility index (Phi) is 6.10. The summed E-state index contributed by atoms with van der Waals surface area (Å²) in [5.74, 6) is 3.42. The summed E-state index contributed by atoms with van der Waals surface area (Å²) in [4.78, 5) is 0. The van der Waals surface area contributed by atoms with Crippen molar-refractivity contribution in [2.45, 2.75) is 52.5 Å². The molecule has 21 heavy (non-hydrogen) atoms. The van der Waals surface area contributed by atoms with Gasteiger partial charge in [-0.25, -0.2) is 0 Å². The molecule has 4 unspecified atom stereocenters. The summed E-state index contributed by atoms with van der Waals surface area (Å²) >= 11 is 0. The van der Waals surface area contributed by atoms with Crippen molar-refractivity contribution in [2.75, 3.05) is 13.7 Å². The second kappa shape index (κ2) is 7.84. The van der Waals surface area contributed by atoms with Crippen molar-refractivity contribution in [3.8, 4) is 5.75 Å². The van der Waals surface area contributed by atoms with Crippen LogP contribution in [0.3, 0.4) is 0 Å². The molecule has 4 atom stereocenters. The van der Waals surface area contributed by atoms with Crippen LogP contribution >= 0.6 is 0 Å². The van der Waals surface area contributed by atoms with E-state index < -0.39 is 0 Å². The SMILES string of the molecule is CCCNC(c1cccc(OC)c1)C1CCC(C)C(C)C1. The minimum absolute atomic E-state index is 0.468. The molecule has 2 heteroatoms. The topological polar surface area (TPSA) is 21.3 Å². The molecule has 0 aromatic heterocycles. The molecule has 2 nitrogen and oxygen atoms in total. The van der Waals surface area contributed by atoms with Gasteiger partial charge in [-0.3, -0.25) is 0 Å². The fraction of sp³-hybridized carbons (Fsp3) is 0.684. The molecule has 0 aliphatic heterocycles. The molecular weight excluding hydrogens is 258 g/mol. The molecule has 1 saturated carbocycles. The van der Waals surface area contributed by atoms with E-state index >= 15 is 0 Å². The second-order valence-electron chi connectivity index (χ2n) is 6.74. The van der Waals surface area contributed by atoms with Gasteiger partial charge in [0.25, 0.3) is 0 Å². The maximum atomic E-state index is 5.41. The van der Waals surface area contributed by atoms with Crippen LogP contribution in [0, 0.1) is 17.8 Å². The quantitative estimate of drug-likeness (QED) is 0.811. The fourth-order valence-corrected chi connectivity index (χ4v) is 3.58. The van der Waals surface area contributed by atoms with Crippen LogP contribution in [0.1, 0.15) is 58.1 Å². The average molecular weight is 289 g/mol. The van der Waals surface area contributed by atoms with Crippen molar-refractivity contribution >= 4 is 0 Å². The largest absolute Gasteiger partial charge is 0.497 e. The van der Waals surface area contributed by atoms with Crippen LogP contribution < -0.4 is 10.1 Å². The molecule has 0 radical (unpaired) electrons. The Morgan fingerprint density at radius 3 is 2.71 bits per heavy atom. The van der Waals surface area contributed by atoms with E-state index in [0.29, 0.717) is 6.04 Å². The van der Waals surface area contributed by atoms with Crippen LogP contribution in [0.4, 0.5) is 0 Å². The highest BCUT2D eigenvalue weighted by Crippen LogP contribution is 2.40. The van der Waals surface area contributed by atoms with Crippen LogP contribution in [0.15, 0.2) is 24.3 Å². The lowest BCUT2D eigenvalue weighted by Crippen LogP contribution is -2.33. The molecule has 1 N–H and O–H groups in total. The third-order valence-electron chi connectivity index (χ3n) is 5.18. The minimum atomic E-state index is 0.468. The van der Waals surface area contributed by atoms with Gasteiger partial charge < -0.3 is 10.1 Å². The van der Waals surface area contributed by atoms with E-state index in [2.05, 4.69) is 44.3 Å². The number of rotatable bonds is 6. The number of ether oxygens (including phenoxy) is 1. The van der Waals surface area contributed by atoms with E-state index in [4.69, 9.17) is 4.74 Å². The molecule has 1 aliphatic carbocycles. The highest BCUT2D eigenvalue weighted by atomic mass is 16.5. The summed E-state index contributed by atoms with van der Waals surface area (Å²) in [6, 6.07) is 9.07. The Bertz CT molecular complexity index is 431. The lowest BCUT2D eigenvalue weighted by Gasteiger charge is -2.37. The summed E-state index contributed by atoms with van der Waals surface area (Å²) in [7, 11) is 1.75. The zero-order chi connectivity index (χ0) is 15.2. The van der Waals surface area contributed by atoms with Crippen molar-refractivity contribution in [1.29, 1.82) is 0 Å². The molecule has 1 aromatic rings. The van der Waals surface area contributed by atoms with Gasteiger partial charge in [-0.1, -0.05) is 39.3 Å². The Labute approximate surface area is 130 Å². The predicted molar refractivity (Wildman–Crippen MR) is 89.7 cm³/mol. The highest BCUT2D eigenvalue weighted by Gasteiger charge is 2.30. The smallest absolute Gasteiger partial charge is 0.119 e. The monoisotopic (exact) mass is 289 g/mol. The zero-order valence-corrected chi connectivity index (χ0v) is 14.1. The first-order valence-electron chi connectivity index (χ1n) is 8.53. The lowest BCUT2D eigenvalue weighted by molar-refractivity contribution is 0.171. The maximum absolute atomic E-state index is 5.41. The van der Waals surface area contributed by atoms with Gasteiger partial charge in [-0.05, 0) is 61.3 Å². The molecule has 0 saturated heterocycles. The standard InChI is InChI=1S/C19H31NO/c1-5-11-20-19(16-7-6-8-18(13-16)21-4)17-10-9-14(2)15(3)12-17/h6-8,13-15,17,19-20H,5,9-12H2,1-4H3. The van der Waals surface area contributed by atoms with Gasteiger partial charge in [0.05, 0.1) is 7.11 Å². The van der Waals surface area contributed by atoms with Gasteiger partial charge in [0.2, 0.25) is 0 Å². The number of nitrogens with one attached hydrogen (secondary N) is 1. The van der Waals surface area contributed by atoms with E-state index in [1.54, 1.807) is 7.11 Å². The maximum Gasteiger partial charge on any atom is 0.119 e. The molecule has 2 rings (SSSR count). The average Bonchev–Trinajstić information content (AvgIpc) is 2.51. The Hall–Kier alpha value is -1.02. The van der Waals surface area contributed by atoms with Gasteiger partial charge in [-0.15, -0.1) is 0 Å². The highest BCUT2D eigenvalue weighted by molar-refractivity contribution is 5.31. The van der Waals surface area contributed by atoms with Gasteiger partial charge >= 0.3 is 0 Å². The van der Waals surface area contributed by atoms with E-state index in [1.807, 2.05) is 6.07 Å². The van der Waals surface area contributed by atoms with E-state index in [9.17, 15) is 0 Å². The Morgan fingerprint density at radius 2 is 2.05 bits per heavy atom. The first-order valence-corrected chi connectivity index (χ1v) is 8.53. The fourth-order valence-electron chi connectivity index (χ4n) is 3.58. The molecule has 0 heterocycles. The van der Waals surface area contributed by atoms with Crippen molar-refractivity contribution < 1.29 is 4.74 Å². The normalized spacial score (nSPS) is 27.3. The van der Waals surface area contributed by atoms with Crippen molar-refractivity contribution in [3.63, 3.8) is 0 Å². The summed E-state index contributed by atoms with van der Waals surface area (Å²) in [5.41, 5.74) is 1.38. The Balaban J connectivity index is 2.17. The first kappa shape index (κ1) is 16.4. The molecular formula is C19H31NO. The van der Waals surface area contributed by atoms with Crippen molar-refractivity contribution in [1.82, 2.24) is 5.32 Å². The van der Waals surface area contributed by atoms with Crippen LogP contribution in [0.5, 0.6) is 5.75 Å². The van der Waals surface area contributed by atoms with Crippen molar-refractivity contribution in [2.24, 2.45) is 17.8 Å². The Morgan fingerprint density at radius 1 is 1.24 bits per heavy atom. The summed E-state index contributed by atoms with van der Waals surface area (Å²) < 4.78 is 5.41. The summed E-state index contributed by atoms with van der Waals surface area (Å²) in [6.07, 6.45) is 5.21. The van der Waals surface area contributed by atoms with Gasteiger partial charge in [0.15, 0.2) is 0 Å². The van der Waals surface area contributed by atoms with Crippen LogP contribution in [0.25, 0.3) is 0 Å². The number of hydrogen-bond donors (Lipinski definition) is 1. The predicted octanol–water partition coefficient (Wildman–Crippen LogP) is 4.81. The summed E-state index contributed by atoms with van der Waals surface area (Å²) in [6.45, 7) is 8.14. The van der Waals surface area contributed by atoms with Gasteiger partial charge in [0.1, 0.15) is 5.75 Å². The van der Waals surface area contributed by atoms with E-state index in [-0.39, 0.29) is 0 Å². The van der Waals surface area contributed by atoms with E-state index in [0.717, 1.165) is 30.0 Å². The number of methoxy groups -OCH3 is 1. The second-order valence-corrected chi connectivity index (χ2v) is 6.74. The third-order valence-corrected chi connectivity index (χ3v) is 5.18. The number of hydrogen-bond acceptors (Lipinski definition) is 2. The molecule has 1 fully saturated rings. The molecule has 1 aromatic carbocycles. The van der Waals surface area contributed by atoms with Crippen LogP contribution in [-0.4, -0.2) is 13.7 Å². The zero-order valence-electron chi connectivity index (χ0n) is 14.1. The first-order chi connectivity index (χ1) is 10.2. The molecule has 0 amide bonds. The minimum Gasteiger partial charge on any atom is -0.497 e. The lowest BCUT2D eigenvalue weighted by atomic mass is 9.72. The summed E-state index contributed by atoms with van der Waals surface area (Å²) in [5, 5.41) is 3.79. The molecule has 1 aliphatic rings. The van der Waals surface area contributed by atoms with Crippen LogP contribution in [-0.2, 0) is 0 Å². The molecule has 0 bridgehead atoms. The van der Waals surface area contributed by atoms with Gasteiger partial charge in [-0.2, -0.15) is 0 Å². The number of benzene rings is 1. The molecule has 0 spiro atoms. The third kappa shape index (κ3) is 4.23.